The third kappa shape index (κ3) is 3.44. The van der Waals surface area contributed by atoms with E-state index in [9.17, 15) is 9.59 Å². The number of hydrogen-bond acceptors (Lipinski definition) is 4. The molecule has 2 heterocycles. The number of furan rings is 1. The lowest BCUT2D eigenvalue weighted by molar-refractivity contribution is -0.120. The van der Waals surface area contributed by atoms with E-state index in [-0.39, 0.29) is 12.3 Å². The Labute approximate surface area is 168 Å². The predicted octanol–water partition coefficient (Wildman–Crippen LogP) is 4.63. The van der Waals surface area contributed by atoms with Crippen LogP contribution in [0.3, 0.4) is 0 Å². The van der Waals surface area contributed by atoms with E-state index in [1.807, 2.05) is 58.0 Å². The van der Waals surface area contributed by atoms with Crippen LogP contribution in [0.15, 0.2) is 50.2 Å². The second-order valence-electron chi connectivity index (χ2n) is 7.61. The van der Waals surface area contributed by atoms with Gasteiger partial charge < -0.3 is 14.2 Å². The van der Waals surface area contributed by atoms with Gasteiger partial charge in [0.1, 0.15) is 11.2 Å². The average Bonchev–Trinajstić information content (AvgIpc) is 3.07. The molecule has 0 spiro atoms. The summed E-state index contributed by atoms with van der Waals surface area (Å²) < 4.78 is 11.2. The Bertz CT molecular complexity index is 1290. The minimum Gasteiger partial charge on any atom is -0.464 e. The van der Waals surface area contributed by atoms with Crippen LogP contribution in [0.4, 0.5) is 0 Å². The predicted molar refractivity (Wildman–Crippen MR) is 113 cm³/mol. The molecule has 0 radical (unpaired) electrons. The van der Waals surface area contributed by atoms with Gasteiger partial charge in [-0.15, -0.1) is 0 Å². The van der Waals surface area contributed by atoms with Gasteiger partial charge in [-0.25, -0.2) is 4.79 Å². The lowest BCUT2D eigenvalue weighted by atomic mass is 9.99. The molecule has 4 rings (SSSR count). The van der Waals surface area contributed by atoms with Gasteiger partial charge in [-0.1, -0.05) is 29.8 Å². The number of fused-ring (bicyclic) bond motifs is 2. The highest BCUT2D eigenvalue weighted by molar-refractivity contribution is 6.00. The monoisotopic (exact) mass is 389 g/mol. The van der Waals surface area contributed by atoms with Crippen molar-refractivity contribution in [2.75, 3.05) is 0 Å². The number of amides is 1. The summed E-state index contributed by atoms with van der Waals surface area (Å²) in [6, 6.07) is 9.94. The van der Waals surface area contributed by atoms with E-state index in [1.54, 1.807) is 6.26 Å². The molecule has 5 heteroatoms. The number of carbonyl (C=O) groups is 1. The summed E-state index contributed by atoms with van der Waals surface area (Å²) in [7, 11) is 0. The van der Waals surface area contributed by atoms with Crippen molar-refractivity contribution in [1.29, 1.82) is 0 Å². The van der Waals surface area contributed by atoms with Gasteiger partial charge in [-0.3, -0.25) is 4.79 Å². The number of rotatable bonds is 4. The Balaban J connectivity index is 1.65. The molecule has 0 aliphatic rings. The molecule has 0 saturated carbocycles. The minimum absolute atomic E-state index is 0.0164. The fraction of sp³-hybridized carbons (Fsp3) is 0.250. The molecule has 2 aromatic carbocycles. The highest BCUT2D eigenvalue weighted by Crippen LogP contribution is 2.32. The van der Waals surface area contributed by atoms with E-state index in [4.69, 9.17) is 8.83 Å². The Kier molecular flexibility index (Phi) is 4.74. The van der Waals surface area contributed by atoms with Crippen LogP contribution in [0, 0.1) is 27.7 Å². The maximum absolute atomic E-state index is 12.6. The van der Waals surface area contributed by atoms with Crippen LogP contribution >= 0.6 is 0 Å². The first-order valence-electron chi connectivity index (χ1n) is 9.61. The quantitative estimate of drug-likeness (QED) is 0.517. The summed E-state index contributed by atoms with van der Waals surface area (Å²) in [5.41, 5.74) is 5.91. The van der Waals surface area contributed by atoms with Gasteiger partial charge in [0, 0.05) is 22.9 Å². The number of carbonyl (C=O) groups excluding carboxylic acids is 1. The molecule has 0 fully saturated rings. The Hall–Kier alpha value is -3.34. The van der Waals surface area contributed by atoms with Crippen LogP contribution in [0.25, 0.3) is 21.9 Å². The number of aryl methyl sites for hydroxylation is 4. The smallest absolute Gasteiger partial charge is 0.340 e. The fourth-order valence-corrected chi connectivity index (χ4v) is 3.65. The van der Waals surface area contributed by atoms with Crippen LogP contribution < -0.4 is 10.9 Å². The average molecular weight is 389 g/mol. The number of benzene rings is 2. The van der Waals surface area contributed by atoms with Crippen molar-refractivity contribution in [3.05, 3.63) is 80.4 Å². The van der Waals surface area contributed by atoms with E-state index in [2.05, 4.69) is 5.32 Å². The zero-order valence-corrected chi connectivity index (χ0v) is 17.0. The lowest BCUT2D eigenvalue weighted by Crippen LogP contribution is -2.27. The van der Waals surface area contributed by atoms with E-state index in [0.717, 1.165) is 38.6 Å². The largest absolute Gasteiger partial charge is 0.464 e. The summed E-state index contributed by atoms with van der Waals surface area (Å²) in [6.45, 7) is 8.16. The third-order valence-electron chi connectivity index (χ3n) is 5.48. The van der Waals surface area contributed by atoms with Crippen molar-refractivity contribution in [1.82, 2.24) is 5.32 Å². The molecule has 4 aromatic rings. The zero-order valence-electron chi connectivity index (χ0n) is 17.0. The minimum atomic E-state index is -0.480. The Morgan fingerprint density at radius 3 is 2.41 bits per heavy atom. The fourth-order valence-electron chi connectivity index (χ4n) is 3.65. The van der Waals surface area contributed by atoms with Gasteiger partial charge in [0.15, 0.2) is 0 Å². The summed E-state index contributed by atoms with van der Waals surface area (Å²) >= 11 is 0. The van der Waals surface area contributed by atoms with Crippen LogP contribution in [0.1, 0.15) is 33.4 Å². The van der Waals surface area contributed by atoms with Crippen molar-refractivity contribution < 1.29 is 13.6 Å². The van der Waals surface area contributed by atoms with E-state index in [1.165, 1.54) is 5.56 Å². The first kappa shape index (κ1) is 19.0. The van der Waals surface area contributed by atoms with E-state index < -0.39 is 5.63 Å². The summed E-state index contributed by atoms with van der Waals surface area (Å²) in [6.07, 6.45) is 1.68. The molecule has 0 aliphatic carbocycles. The molecule has 0 aliphatic heterocycles. The highest BCUT2D eigenvalue weighted by atomic mass is 16.4. The molecule has 148 valence electrons. The van der Waals surface area contributed by atoms with Crippen molar-refractivity contribution in [3.63, 3.8) is 0 Å². The van der Waals surface area contributed by atoms with Gasteiger partial charge >= 0.3 is 5.63 Å². The Morgan fingerprint density at radius 2 is 1.69 bits per heavy atom. The third-order valence-corrected chi connectivity index (χ3v) is 5.48. The second-order valence-corrected chi connectivity index (χ2v) is 7.61. The van der Waals surface area contributed by atoms with Crippen molar-refractivity contribution >= 4 is 27.8 Å². The summed E-state index contributed by atoms with van der Waals surface area (Å²) in [5, 5.41) is 4.70. The SMILES string of the molecule is Cc1ccc(CNC(=O)Cc2c(C)c3cc4c(C)coc4c(C)c3oc2=O)cc1. The van der Waals surface area contributed by atoms with Crippen molar-refractivity contribution in [3.8, 4) is 0 Å². The Morgan fingerprint density at radius 1 is 0.966 bits per heavy atom. The van der Waals surface area contributed by atoms with Gasteiger partial charge in [0.2, 0.25) is 5.91 Å². The molecule has 0 unspecified atom stereocenters. The first-order chi connectivity index (χ1) is 13.8. The second kappa shape index (κ2) is 7.24. The first-order valence-corrected chi connectivity index (χ1v) is 9.61. The van der Waals surface area contributed by atoms with Gasteiger partial charge in [0.05, 0.1) is 18.2 Å². The lowest BCUT2D eigenvalue weighted by Gasteiger charge is -2.10. The molecule has 0 saturated heterocycles. The van der Waals surface area contributed by atoms with Gasteiger partial charge in [-0.2, -0.15) is 0 Å². The number of hydrogen-bond donors (Lipinski definition) is 1. The molecule has 29 heavy (non-hydrogen) atoms. The van der Waals surface area contributed by atoms with Crippen LogP contribution in [0.5, 0.6) is 0 Å². The normalized spacial score (nSPS) is 11.3. The standard InChI is InChI=1S/C24H23NO4/c1-13-5-7-17(8-6-13)11-25-21(26)10-20-15(3)19-9-18-14(2)12-28-22(18)16(4)23(19)29-24(20)27/h5-9,12H,10-11H2,1-4H3,(H,25,26). The summed E-state index contributed by atoms with van der Waals surface area (Å²) in [5.74, 6) is -0.211. The van der Waals surface area contributed by atoms with E-state index in [0.29, 0.717) is 17.7 Å². The molecule has 0 bridgehead atoms. The molecular weight excluding hydrogens is 366 g/mol. The van der Waals surface area contributed by atoms with E-state index >= 15 is 0 Å². The van der Waals surface area contributed by atoms with Crippen LogP contribution in [0.2, 0.25) is 0 Å². The van der Waals surface area contributed by atoms with Crippen molar-refractivity contribution in [2.45, 2.75) is 40.7 Å². The molecule has 2 aromatic heterocycles. The number of nitrogens with one attached hydrogen (secondary N) is 1. The van der Waals surface area contributed by atoms with Gasteiger partial charge in [0.25, 0.3) is 0 Å². The van der Waals surface area contributed by atoms with Crippen molar-refractivity contribution in [2.24, 2.45) is 0 Å². The molecule has 1 amide bonds. The zero-order chi connectivity index (χ0) is 20.7. The molecule has 5 nitrogen and oxygen atoms in total. The highest BCUT2D eigenvalue weighted by Gasteiger charge is 2.19. The topological polar surface area (TPSA) is 72.5 Å². The molecular formula is C24H23NO4. The molecule has 1 N–H and O–H groups in total. The maximum Gasteiger partial charge on any atom is 0.340 e. The summed E-state index contributed by atoms with van der Waals surface area (Å²) in [4.78, 5) is 25.1. The van der Waals surface area contributed by atoms with Crippen LogP contribution in [-0.2, 0) is 17.8 Å². The van der Waals surface area contributed by atoms with Crippen LogP contribution in [-0.4, -0.2) is 5.91 Å². The van der Waals surface area contributed by atoms with Gasteiger partial charge in [-0.05, 0) is 50.5 Å². The maximum atomic E-state index is 12.6. The molecule has 0 atom stereocenters.